The summed E-state index contributed by atoms with van der Waals surface area (Å²) in [5.41, 5.74) is 0.499. The zero-order chi connectivity index (χ0) is 19.8. The number of amides is 2. The van der Waals surface area contributed by atoms with Crippen LogP contribution in [0.25, 0.3) is 0 Å². The second-order valence-electron chi connectivity index (χ2n) is 6.57. The van der Waals surface area contributed by atoms with E-state index in [4.69, 9.17) is 10.00 Å². The van der Waals surface area contributed by atoms with E-state index in [1.807, 2.05) is 18.7 Å². The molecule has 1 aromatic rings. The Morgan fingerprint density at radius 1 is 1.22 bits per heavy atom. The van der Waals surface area contributed by atoms with Crippen molar-refractivity contribution in [3.8, 4) is 11.8 Å². The monoisotopic (exact) mass is 372 g/mol. The number of nitrogens with zero attached hydrogens (tertiary/aromatic N) is 4. The molecule has 1 aliphatic heterocycles. The molecule has 0 spiro atoms. The molecule has 0 bridgehead atoms. The van der Waals surface area contributed by atoms with Gasteiger partial charge in [-0.05, 0) is 39.0 Å². The van der Waals surface area contributed by atoms with Crippen LogP contribution in [0.5, 0.6) is 5.75 Å². The van der Waals surface area contributed by atoms with E-state index in [0.717, 1.165) is 13.1 Å². The molecule has 0 aliphatic carbocycles. The van der Waals surface area contributed by atoms with Crippen LogP contribution < -0.4 is 4.74 Å². The van der Waals surface area contributed by atoms with Crippen LogP contribution in [0, 0.1) is 11.3 Å². The molecule has 0 saturated carbocycles. The van der Waals surface area contributed by atoms with Gasteiger partial charge in [-0.2, -0.15) is 5.26 Å². The SMILES string of the molecule is CCN(CC)C(=O)CN1CCN(C(=O)C(C)Oc2cccc(C#N)c2)CC1. The second kappa shape index (κ2) is 9.93. The van der Waals surface area contributed by atoms with E-state index in [9.17, 15) is 9.59 Å². The normalized spacial score (nSPS) is 15.7. The summed E-state index contributed by atoms with van der Waals surface area (Å²) >= 11 is 0. The van der Waals surface area contributed by atoms with Gasteiger partial charge >= 0.3 is 0 Å². The minimum atomic E-state index is -0.622. The summed E-state index contributed by atoms with van der Waals surface area (Å²) in [7, 11) is 0. The van der Waals surface area contributed by atoms with Crippen LogP contribution in [0.3, 0.4) is 0 Å². The van der Waals surface area contributed by atoms with Crippen molar-refractivity contribution in [2.45, 2.75) is 26.9 Å². The summed E-state index contributed by atoms with van der Waals surface area (Å²) in [6.07, 6.45) is -0.622. The van der Waals surface area contributed by atoms with Gasteiger partial charge in [-0.1, -0.05) is 6.07 Å². The van der Waals surface area contributed by atoms with Crippen LogP contribution in [-0.4, -0.2) is 78.4 Å². The zero-order valence-electron chi connectivity index (χ0n) is 16.4. The Kier molecular flexibility index (Phi) is 7.62. The van der Waals surface area contributed by atoms with E-state index in [1.54, 1.807) is 36.1 Å². The van der Waals surface area contributed by atoms with E-state index in [-0.39, 0.29) is 11.8 Å². The molecule has 0 aromatic heterocycles. The van der Waals surface area contributed by atoms with E-state index >= 15 is 0 Å². The molecule has 2 amide bonds. The number of benzene rings is 1. The summed E-state index contributed by atoms with van der Waals surface area (Å²) in [6.45, 7) is 10.0. The first kappa shape index (κ1) is 20.7. The van der Waals surface area contributed by atoms with E-state index in [0.29, 0.717) is 44.0 Å². The van der Waals surface area contributed by atoms with Gasteiger partial charge in [0.15, 0.2) is 6.10 Å². The van der Waals surface area contributed by atoms with Gasteiger partial charge in [0.05, 0.1) is 18.2 Å². The van der Waals surface area contributed by atoms with Gasteiger partial charge in [0.2, 0.25) is 5.91 Å². The molecule has 1 saturated heterocycles. The predicted octanol–water partition coefficient (Wildman–Crippen LogP) is 1.34. The molecule has 27 heavy (non-hydrogen) atoms. The average molecular weight is 372 g/mol. The summed E-state index contributed by atoms with van der Waals surface area (Å²) < 4.78 is 5.71. The number of carbonyl (C=O) groups excluding carboxylic acids is 2. The fourth-order valence-corrected chi connectivity index (χ4v) is 3.14. The molecule has 0 radical (unpaired) electrons. The molecule has 1 unspecified atom stereocenters. The largest absolute Gasteiger partial charge is 0.481 e. The van der Waals surface area contributed by atoms with Crippen LogP contribution in [-0.2, 0) is 9.59 Å². The number of ether oxygens (including phenoxy) is 1. The van der Waals surface area contributed by atoms with Gasteiger partial charge in [-0.25, -0.2) is 0 Å². The molecule has 1 aromatic carbocycles. The molecule has 7 heteroatoms. The van der Waals surface area contributed by atoms with Crippen LogP contribution in [0.1, 0.15) is 26.3 Å². The highest BCUT2D eigenvalue weighted by atomic mass is 16.5. The van der Waals surface area contributed by atoms with Crippen molar-refractivity contribution < 1.29 is 14.3 Å². The predicted molar refractivity (Wildman–Crippen MR) is 102 cm³/mol. The van der Waals surface area contributed by atoms with Crippen molar-refractivity contribution in [1.82, 2.24) is 14.7 Å². The van der Waals surface area contributed by atoms with Crippen molar-refractivity contribution in [2.75, 3.05) is 45.8 Å². The lowest BCUT2D eigenvalue weighted by molar-refractivity contribution is -0.140. The minimum absolute atomic E-state index is 0.0768. The van der Waals surface area contributed by atoms with Gasteiger partial charge in [0.1, 0.15) is 5.75 Å². The maximum atomic E-state index is 12.6. The van der Waals surface area contributed by atoms with Gasteiger partial charge in [0.25, 0.3) is 5.91 Å². The highest BCUT2D eigenvalue weighted by Gasteiger charge is 2.27. The third-order valence-corrected chi connectivity index (χ3v) is 4.78. The molecular weight excluding hydrogens is 344 g/mol. The smallest absolute Gasteiger partial charge is 0.263 e. The molecule has 0 N–H and O–H groups in total. The van der Waals surface area contributed by atoms with E-state index < -0.39 is 6.10 Å². The van der Waals surface area contributed by atoms with Gasteiger partial charge in [-0.15, -0.1) is 0 Å². The summed E-state index contributed by atoms with van der Waals surface area (Å²) in [5.74, 6) is 0.569. The van der Waals surface area contributed by atoms with Crippen LogP contribution in [0.15, 0.2) is 24.3 Å². The number of likely N-dealkylation sites (N-methyl/N-ethyl adjacent to an activating group) is 1. The second-order valence-corrected chi connectivity index (χ2v) is 6.57. The summed E-state index contributed by atoms with van der Waals surface area (Å²) in [6, 6.07) is 8.85. The quantitative estimate of drug-likeness (QED) is 0.722. The third kappa shape index (κ3) is 5.69. The highest BCUT2D eigenvalue weighted by molar-refractivity contribution is 5.81. The summed E-state index contributed by atoms with van der Waals surface area (Å²) in [4.78, 5) is 30.5. The molecule has 146 valence electrons. The summed E-state index contributed by atoms with van der Waals surface area (Å²) in [5, 5.41) is 8.95. The number of hydrogen-bond donors (Lipinski definition) is 0. The Bertz CT molecular complexity index is 689. The first-order valence-electron chi connectivity index (χ1n) is 9.44. The molecule has 1 atom stereocenters. The molecule has 1 heterocycles. The lowest BCUT2D eigenvalue weighted by atomic mass is 10.2. The topological polar surface area (TPSA) is 76.9 Å². The van der Waals surface area contributed by atoms with Crippen molar-refractivity contribution in [1.29, 1.82) is 5.26 Å². The minimum Gasteiger partial charge on any atom is -0.481 e. The number of hydrogen-bond acceptors (Lipinski definition) is 5. The van der Waals surface area contributed by atoms with Crippen LogP contribution >= 0.6 is 0 Å². The Balaban J connectivity index is 1.83. The van der Waals surface area contributed by atoms with Crippen LogP contribution in [0.4, 0.5) is 0 Å². The van der Waals surface area contributed by atoms with E-state index in [1.165, 1.54) is 0 Å². The Morgan fingerprint density at radius 2 is 1.89 bits per heavy atom. The average Bonchev–Trinajstić information content (AvgIpc) is 2.69. The Labute approximate surface area is 161 Å². The molecular formula is C20H28N4O3. The number of rotatable bonds is 7. The highest BCUT2D eigenvalue weighted by Crippen LogP contribution is 2.16. The van der Waals surface area contributed by atoms with Gasteiger partial charge in [0, 0.05) is 39.3 Å². The van der Waals surface area contributed by atoms with Crippen LogP contribution in [0.2, 0.25) is 0 Å². The lowest BCUT2D eigenvalue weighted by Gasteiger charge is -2.36. The first-order valence-corrected chi connectivity index (χ1v) is 9.44. The molecule has 1 aliphatic rings. The number of piperazine rings is 1. The maximum Gasteiger partial charge on any atom is 0.263 e. The number of nitriles is 1. The van der Waals surface area contributed by atoms with Crippen molar-refractivity contribution in [3.63, 3.8) is 0 Å². The van der Waals surface area contributed by atoms with Crippen molar-refractivity contribution in [3.05, 3.63) is 29.8 Å². The fourth-order valence-electron chi connectivity index (χ4n) is 3.14. The molecule has 7 nitrogen and oxygen atoms in total. The third-order valence-electron chi connectivity index (χ3n) is 4.78. The van der Waals surface area contributed by atoms with Gasteiger partial charge < -0.3 is 14.5 Å². The standard InChI is InChI=1S/C20H28N4O3/c1-4-23(5-2)19(25)15-22-9-11-24(12-10-22)20(26)16(3)27-18-8-6-7-17(13-18)14-21/h6-8,13,16H,4-5,9-12,15H2,1-3H3. The fraction of sp³-hybridized carbons (Fsp3) is 0.550. The van der Waals surface area contributed by atoms with E-state index in [2.05, 4.69) is 11.0 Å². The van der Waals surface area contributed by atoms with Crippen molar-refractivity contribution >= 4 is 11.8 Å². The molecule has 1 fully saturated rings. The lowest BCUT2D eigenvalue weighted by Crippen LogP contribution is -2.53. The Morgan fingerprint density at radius 3 is 2.48 bits per heavy atom. The first-order chi connectivity index (χ1) is 13.0. The molecule has 2 rings (SSSR count). The maximum absolute atomic E-state index is 12.6. The number of carbonyl (C=O) groups is 2. The van der Waals surface area contributed by atoms with Gasteiger partial charge in [-0.3, -0.25) is 14.5 Å². The zero-order valence-corrected chi connectivity index (χ0v) is 16.4. The van der Waals surface area contributed by atoms with Crippen molar-refractivity contribution in [2.24, 2.45) is 0 Å². The Hall–Kier alpha value is -2.59.